The Balaban J connectivity index is 1.53. The summed E-state index contributed by atoms with van der Waals surface area (Å²) in [5.41, 5.74) is 2.25. The molecule has 1 atom stereocenters. The van der Waals surface area contributed by atoms with Crippen LogP contribution in [-0.2, 0) is 17.2 Å². The van der Waals surface area contributed by atoms with Crippen LogP contribution >= 0.6 is 0 Å². The highest BCUT2D eigenvalue weighted by Gasteiger charge is 2.25. The number of carbonyl (C=O) groups is 1. The molecular formula is C20H20F2N6O2. The van der Waals surface area contributed by atoms with E-state index in [9.17, 15) is 13.6 Å². The summed E-state index contributed by atoms with van der Waals surface area (Å²) in [6.45, 7) is 3.62. The van der Waals surface area contributed by atoms with Gasteiger partial charge in [0.1, 0.15) is 17.7 Å². The van der Waals surface area contributed by atoms with Crippen LogP contribution in [0.3, 0.4) is 0 Å². The average Bonchev–Trinajstić information content (AvgIpc) is 3.30. The lowest BCUT2D eigenvalue weighted by Gasteiger charge is -2.13. The van der Waals surface area contributed by atoms with Gasteiger partial charge < -0.3 is 15.4 Å². The van der Waals surface area contributed by atoms with Crippen LogP contribution in [0.5, 0.6) is 0 Å². The van der Waals surface area contributed by atoms with E-state index >= 15 is 0 Å². The second kappa shape index (κ2) is 7.69. The number of ether oxygens (including phenoxy) is 1. The van der Waals surface area contributed by atoms with E-state index in [0.29, 0.717) is 24.6 Å². The van der Waals surface area contributed by atoms with E-state index < -0.39 is 12.0 Å². The van der Waals surface area contributed by atoms with Gasteiger partial charge in [-0.1, -0.05) is 0 Å². The fourth-order valence-electron chi connectivity index (χ4n) is 3.12. The van der Waals surface area contributed by atoms with Gasteiger partial charge >= 0.3 is 6.09 Å². The van der Waals surface area contributed by atoms with Crippen LogP contribution in [0.25, 0.3) is 11.3 Å². The number of aromatic nitrogens is 4. The van der Waals surface area contributed by atoms with E-state index in [1.54, 1.807) is 16.9 Å². The quantitative estimate of drug-likeness (QED) is 0.640. The van der Waals surface area contributed by atoms with Gasteiger partial charge in [-0.15, -0.1) is 0 Å². The maximum Gasteiger partial charge on any atom is 0.407 e. The zero-order valence-electron chi connectivity index (χ0n) is 16.4. The summed E-state index contributed by atoms with van der Waals surface area (Å²) in [5, 5.41) is 9.90. The molecule has 1 aliphatic heterocycles. The van der Waals surface area contributed by atoms with E-state index in [-0.39, 0.29) is 17.5 Å². The number of alkyl halides is 2. The van der Waals surface area contributed by atoms with Gasteiger partial charge in [-0.25, -0.2) is 23.5 Å². The molecule has 1 saturated heterocycles. The number of pyridine rings is 2. The van der Waals surface area contributed by atoms with E-state index in [0.717, 1.165) is 18.1 Å². The molecule has 0 bridgehead atoms. The third-order valence-electron chi connectivity index (χ3n) is 4.56. The van der Waals surface area contributed by atoms with Gasteiger partial charge in [-0.2, -0.15) is 5.10 Å². The van der Waals surface area contributed by atoms with Crippen molar-refractivity contribution < 1.29 is 18.3 Å². The van der Waals surface area contributed by atoms with Crippen molar-refractivity contribution in [1.29, 1.82) is 0 Å². The maximum absolute atomic E-state index is 13.6. The molecule has 3 aromatic heterocycles. The number of rotatable bonds is 6. The molecule has 0 aromatic carbocycles. The molecule has 1 fully saturated rings. The Hall–Kier alpha value is -3.56. The molecule has 2 N–H and O–H groups in total. The summed E-state index contributed by atoms with van der Waals surface area (Å²) in [5.74, 6) is -2.19. The lowest BCUT2D eigenvalue weighted by molar-refractivity contribution is 0.0174. The first-order valence-electron chi connectivity index (χ1n) is 9.34. The van der Waals surface area contributed by atoms with Crippen LogP contribution in [0.4, 0.5) is 25.2 Å². The summed E-state index contributed by atoms with van der Waals surface area (Å²) in [6.07, 6.45) is 4.12. The van der Waals surface area contributed by atoms with E-state index in [2.05, 4.69) is 25.7 Å². The van der Waals surface area contributed by atoms with Gasteiger partial charge in [0.25, 0.3) is 5.92 Å². The van der Waals surface area contributed by atoms with Crippen LogP contribution in [0.15, 0.2) is 42.9 Å². The lowest BCUT2D eigenvalue weighted by atomic mass is 10.1. The molecule has 0 radical (unpaired) electrons. The van der Waals surface area contributed by atoms with Gasteiger partial charge in [0.05, 0.1) is 25.0 Å². The van der Waals surface area contributed by atoms with E-state index in [4.69, 9.17) is 4.74 Å². The first kappa shape index (κ1) is 19.7. The normalized spacial score (nSPS) is 16.3. The molecule has 1 unspecified atom stereocenters. The molecule has 0 saturated carbocycles. The largest absolute Gasteiger partial charge is 0.442 e. The molecule has 3 aromatic rings. The SMILES string of the molecule is Cc1cc(Nc2cc(C(C)(F)F)ccn2)nc(-c2cnn(CC3CNC(=O)O3)c2)c1. The van der Waals surface area contributed by atoms with Crippen LogP contribution in [0.2, 0.25) is 0 Å². The molecule has 30 heavy (non-hydrogen) atoms. The number of hydrogen-bond acceptors (Lipinski definition) is 6. The number of anilines is 2. The van der Waals surface area contributed by atoms with Crippen molar-refractivity contribution >= 4 is 17.7 Å². The number of alkyl carbamates (subject to hydrolysis) is 1. The van der Waals surface area contributed by atoms with Gasteiger partial charge in [0, 0.05) is 30.4 Å². The van der Waals surface area contributed by atoms with Crippen molar-refractivity contribution in [2.45, 2.75) is 32.4 Å². The molecular weight excluding hydrogens is 394 g/mol. The Morgan fingerprint density at radius 2 is 2.17 bits per heavy atom. The van der Waals surface area contributed by atoms with Crippen molar-refractivity contribution in [2.24, 2.45) is 0 Å². The Morgan fingerprint density at radius 1 is 1.33 bits per heavy atom. The van der Waals surface area contributed by atoms with Crippen LogP contribution in [0.1, 0.15) is 18.1 Å². The molecule has 156 valence electrons. The minimum Gasteiger partial charge on any atom is -0.442 e. The summed E-state index contributed by atoms with van der Waals surface area (Å²) in [7, 11) is 0. The summed E-state index contributed by atoms with van der Waals surface area (Å²) in [6, 6.07) is 6.29. The maximum atomic E-state index is 13.6. The fourth-order valence-corrected chi connectivity index (χ4v) is 3.12. The minimum atomic E-state index is -2.96. The highest BCUT2D eigenvalue weighted by Crippen LogP contribution is 2.29. The molecule has 0 spiro atoms. The van der Waals surface area contributed by atoms with Gasteiger partial charge in [-0.05, 0) is 36.8 Å². The molecule has 4 rings (SSSR count). The Kier molecular flexibility index (Phi) is 5.06. The number of carbonyl (C=O) groups excluding carboxylic acids is 1. The third-order valence-corrected chi connectivity index (χ3v) is 4.56. The van der Waals surface area contributed by atoms with Gasteiger partial charge in [0.2, 0.25) is 0 Å². The zero-order valence-corrected chi connectivity index (χ0v) is 16.4. The number of cyclic esters (lactones) is 1. The number of halogens is 2. The van der Waals surface area contributed by atoms with Gasteiger partial charge in [-0.3, -0.25) is 4.68 Å². The van der Waals surface area contributed by atoms with Crippen LogP contribution < -0.4 is 10.6 Å². The first-order chi connectivity index (χ1) is 14.3. The molecule has 10 heteroatoms. The lowest BCUT2D eigenvalue weighted by Crippen LogP contribution is -2.20. The standard InChI is InChI=1S/C20H20F2N6O2/c1-12-5-16(13-8-25-28(10-13)11-15-9-24-19(29)30-15)26-18(6-12)27-17-7-14(3-4-23-17)20(2,21)22/h3-8,10,15H,9,11H2,1-2H3,(H,24,29)(H,23,26,27). The smallest absolute Gasteiger partial charge is 0.407 e. The number of amides is 1. The van der Waals surface area contributed by atoms with E-state index in [1.165, 1.54) is 18.3 Å². The highest BCUT2D eigenvalue weighted by atomic mass is 19.3. The zero-order chi connectivity index (χ0) is 21.3. The Labute approximate surface area is 171 Å². The summed E-state index contributed by atoms with van der Waals surface area (Å²) < 4.78 is 34.0. The molecule has 4 heterocycles. The van der Waals surface area contributed by atoms with Crippen LogP contribution in [-0.4, -0.2) is 38.5 Å². The monoisotopic (exact) mass is 414 g/mol. The van der Waals surface area contributed by atoms with Crippen LogP contribution in [0, 0.1) is 6.92 Å². The molecule has 0 aliphatic carbocycles. The number of aryl methyl sites for hydroxylation is 1. The second-order valence-corrected chi connectivity index (χ2v) is 7.22. The molecule has 1 aliphatic rings. The van der Waals surface area contributed by atoms with Crippen molar-refractivity contribution in [3.05, 3.63) is 54.0 Å². The Morgan fingerprint density at radius 3 is 2.90 bits per heavy atom. The number of nitrogens with zero attached hydrogens (tertiary/aromatic N) is 4. The minimum absolute atomic E-state index is 0.128. The molecule has 8 nitrogen and oxygen atoms in total. The first-order valence-corrected chi connectivity index (χ1v) is 9.34. The predicted molar refractivity (Wildman–Crippen MR) is 106 cm³/mol. The topological polar surface area (TPSA) is 94.0 Å². The fraction of sp³-hybridized carbons (Fsp3) is 0.300. The van der Waals surface area contributed by atoms with Crippen molar-refractivity contribution in [3.63, 3.8) is 0 Å². The highest BCUT2D eigenvalue weighted by molar-refractivity contribution is 5.69. The second-order valence-electron chi connectivity index (χ2n) is 7.22. The average molecular weight is 414 g/mol. The van der Waals surface area contributed by atoms with Gasteiger partial charge in [0.15, 0.2) is 0 Å². The Bertz CT molecular complexity index is 1080. The predicted octanol–water partition coefficient (Wildman–Crippen LogP) is 3.61. The van der Waals surface area contributed by atoms with Crippen molar-refractivity contribution in [1.82, 2.24) is 25.1 Å². The molecule has 1 amide bonds. The number of nitrogens with one attached hydrogen (secondary N) is 2. The van der Waals surface area contributed by atoms with Crippen molar-refractivity contribution in [3.8, 4) is 11.3 Å². The van der Waals surface area contributed by atoms with Crippen molar-refractivity contribution in [2.75, 3.05) is 11.9 Å². The number of hydrogen-bond donors (Lipinski definition) is 2. The third kappa shape index (κ3) is 4.53. The van der Waals surface area contributed by atoms with E-state index in [1.807, 2.05) is 19.2 Å². The summed E-state index contributed by atoms with van der Waals surface area (Å²) >= 11 is 0. The summed E-state index contributed by atoms with van der Waals surface area (Å²) in [4.78, 5) is 19.8.